The van der Waals surface area contributed by atoms with Crippen LogP contribution >= 0.6 is 11.3 Å². The second-order valence-electron chi connectivity index (χ2n) is 8.33. The topological polar surface area (TPSA) is 66.0 Å². The molecule has 7 heteroatoms. The van der Waals surface area contributed by atoms with Crippen LogP contribution in [-0.4, -0.2) is 56.7 Å². The van der Waals surface area contributed by atoms with E-state index in [4.69, 9.17) is 4.74 Å². The molecule has 1 fully saturated rings. The number of hydrogen-bond donors (Lipinski definition) is 2. The molecule has 0 spiro atoms. The normalized spacial score (nSPS) is 21.0. The van der Waals surface area contributed by atoms with Crippen molar-refractivity contribution in [2.24, 2.45) is 16.3 Å². The van der Waals surface area contributed by atoms with E-state index < -0.39 is 0 Å². The third-order valence-corrected chi connectivity index (χ3v) is 5.59. The Bertz CT molecular complexity index is 608. The average Bonchev–Trinajstić information content (AvgIpc) is 3.13. The highest BCUT2D eigenvalue weighted by Crippen LogP contribution is 2.33. The van der Waals surface area contributed by atoms with Crippen LogP contribution in [0.4, 0.5) is 0 Å². The molecule has 2 unspecified atom stereocenters. The van der Waals surface area contributed by atoms with Crippen LogP contribution in [0.5, 0.6) is 0 Å². The first kappa shape index (κ1) is 21.7. The van der Waals surface area contributed by atoms with Gasteiger partial charge in [0.15, 0.2) is 5.96 Å². The van der Waals surface area contributed by atoms with Crippen LogP contribution < -0.4 is 10.6 Å². The highest BCUT2D eigenvalue weighted by Gasteiger charge is 2.35. The molecular formula is C20H34N4O2S. The van der Waals surface area contributed by atoms with Crippen LogP contribution in [0, 0.1) is 11.3 Å². The van der Waals surface area contributed by atoms with Crippen molar-refractivity contribution in [2.75, 3.05) is 33.8 Å². The first-order chi connectivity index (χ1) is 12.8. The Balaban J connectivity index is 1.98. The summed E-state index contributed by atoms with van der Waals surface area (Å²) in [7, 11) is 3.49. The van der Waals surface area contributed by atoms with Gasteiger partial charge in [-0.05, 0) is 29.7 Å². The second-order valence-corrected chi connectivity index (χ2v) is 9.36. The lowest BCUT2D eigenvalue weighted by Crippen LogP contribution is -2.47. The molecule has 0 aliphatic carbocycles. The summed E-state index contributed by atoms with van der Waals surface area (Å²) in [5, 5.41) is 8.85. The maximum atomic E-state index is 11.9. The van der Waals surface area contributed by atoms with Crippen LogP contribution in [-0.2, 0) is 16.1 Å². The van der Waals surface area contributed by atoms with Gasteiger partial charge in [0.25, 0.3) is 0 Å². The van der Waals surface area contributed by atoms with E-state index in [1.165, 1.54) is 4.88 Å². The predicted octanol–water partition coefficient (Wildman–Crippen LogP) is 2.71. The number of aliphatic imine (C=N–C) groups is 1. The molecule has 1 aliphatic heterocycles. The maximum absolute atomic E-state index is 11.9. The molecule has 2 atom stereocenters. The Labute approximate surface area is 167 Å². The summed E-state index contributed by atoms with van der Waals surface area (Å²) in [4.78, 5) is 19.2. The van der Waals surface area contributed by atoms with E-state index in [2.05, 4.69) is 47.8 Å². The number of nitrogens with zero attached hydrogens (tertiary/aromatic N) is 2. The van der Waals surface area contributed by atoms with E-state index in [0.717, 1.165) is 26.0 Å². The summed E-state index contributed by atoms with van der Waals surface area (Å²) in [5.41, 5.74) is 0.107. The number of rotatable bonds is 6. The Hall–Kier alpha value is -1.60. The van der Waals surface area contributed by atoms with Crippen molar-refractivity contribution in [3.8, 4) is 0 Å². The minimum absolute atomic E-state index is 0.0132. The summed E-state index contributed by atoms with van der Waals surface area (Å²) in [6.07, 6.45) is 2.46. The van der Waals surface area contributed by atoms with Gasteiger partial charge in [-0.1, -0.05) is 26.8 Å². The van der Waals surface area contributed by atoms with E-state index in [1.807, 2.05) is 6.07 Å². The minimum atomic E-state index is -0.0132. The van der Waals surface area contributed by atoms with Gasteiger partial charge in [-0.2, -0.15) is 0 Å². The lowest BCUT2D eigenvalue weighted by atomic mass is 9.78. The third-order valence-electron chi connectivity index (χ3n) is 4.71. The molecule has 0 radical (unpaired) electrons. The molecule has 1 aromatic heterocycles. The Morgan fingerprint density at radius 1 is 1.37 bits per heavy atom. The van der Waals surface area contributed by atoms with Crippen LogP contribution in [0.2, 0.25) is 0 Å². The van der Waals surface area contributed by atoms with Crippen molar-refractivity contribution in [1.82, 2.24) is 15.5 Å². The quantitative estimate of drug-likeness (QED) is 0.575. The van der Waals surface area contributed by atoms with E-state index in [9.17, 15) is 4.79 Å². The van der Waals surface area contributed by atoms with Crippen molar-refractivity contribution in [3.05, 3.63) is 22.4 Å². The molecule has 152 valence electrons. The van der Waals surface area contributed by atoms with Crippen LogP contribution in [0.25, 0.3) is 0 Å². The number of likely N-dealkylation sites (N-methyl/N-ethyl adjacent to an activating group) is 1. The van der Waals surface area contributed by atoms with Crippen molar-refractivity contribution in [3.63, 3.8) is 0 Å². The minimum Gasteiger partial charge on any atom is -0.377 e. The summed E-state index contributed by atoms with van der Waals surface area (Å²) in [5.74, 6) is 1.09. The van der Waals surface area contributed by atoms with Gasteiger partial charge in [0.1, 0.15) is 6.54 Å². The third kappa shape index (κ3) is 7.14. The zero-order chi connectivity index (χ0) is 19.9. The number of amides is 1. The number of hydrogen-bond acceptors (Lipinski definition) is 4. The van der Waals surface area contributed by atoms with Gasteiger partial charge in [-0.3, -0.25) is 4.79 Å². The molecule has 2 N–H and O–H groups in total. The zero-order valence-corrected chi connectivity index (χ0v) is 18.1. The van der Waals surface area contributed by atoms with Crippen molar-refractivity contribution >= 4 is 23.2 Å². The summed E-state index contributed by atoms with van der Waals surface area (Å²) < 4.78 is 6.08. The maximum Gasteiger partial charge on any atom is 0.243 e. The van der Waals surface area contributed by atoms with Gasteiger partial charge in [0.05, 0.1) is 12.6 Å². The number of ether oxygens (including phenoxy) is 1. The van der Waals surface area contributed by atoms with Gasteiger partial charge >= 0.3 is 0 Å². The molecule has 27 heavy (non-hydrogen) atoms. The molecule has 0 aromatic carbocycles. The number of carbonyl (C=O) groups is 1. The van der Waals surface area contributed by atoms with Gasteiger partial charge in [-0.15, -0.1) is 11.3 Å². The van der Waals surface area contributed by atoms with Gasteiger partial charge in [0, 0.05) is 38.0 Å². The van der Waals surface area contributed by atoms with E-state index >= 15 is 0 Å². The number of carbonyl (C=O) groups excluding carboxylic acids is 1. The molecule has 2 heterocycles. The second kappa shape index (κ2) is 10.1. The molecule has 1 saturated heterocycles. The lowest BCUT2D eigenvalue weighted by Gasteiger charge is -2.40. The predicted molar refractivity (Wildman–Crippen MR) is 112 cm³/mol. The molecule has 1 aromatic rings. The molecule has 6 nitrogen and oxygen atoms in total. The Morgan fingerprint density at radius 2 is 2.15 bits per heavy atom. The molecule has 0 saturated carbocycles. The lowest BCUT2D eigenvalue weighted by molar-refractivity contribution is -0.127. The molecule has 2 rings (SSSR count). The molecular weight excluding hydrogens is 360 g/mol. The average molecular weight is 395 g/mol. The van der Waals surface area contributed by atoms with E-state index in [0.29, 0.717) is 18.4 Å². The fourth-order valence-corrected chi connectivity index (χ4v) is 3.93. The fraction of sp³-hybridized carbons (Fsp3) is 0.700. The highest BCUT2D eigenvalue weighted by molar-refractivity contribution is 7.09. The van der Waals surface area contributed by atoms with Crippen LogP contribution in [0.1, 0.15) is 38.5 Å². The van der Waals surface area contributed by atoms with Crippen LogP contribution in [0.3, 0.4) is 0 Å². The monoisotopic (exact) mass is 394 g/mol. The smallest absolute Gasteiger partial charge is 0.243 e. The molecule has 1 amide bonds. The van der Waals surface area contributed by atoms with Crippen molar-refractivity contribution < 1.29 is 9.53 Å². The summed E-state index contributed by atoms with van der Waals surface area (Å²) >= 11 is 1.70. The van der Waals surface area contributed by atoms with Crippen molar-refractivity contribution in [2.45, 2.75) is 46.3 Å². The Morgan fingerprint density at radius 3 is 2.78 bits per heavy atom. The summed E-state index contributed by atoms with van der Waals surface area (Å²) in [6.45, 7) is 9.16. The summed E-state index contributed by atoms with van der Waals surface area (Å²) in [6, 6.07) is 4.12. The van der Waals surface area contributed by atoms with Gasteiger partial charge in [-0.25, -0.2) is 4.99 Å². The largest absolute Gasteiger partial charge is 0.377 e. The first-order valence-electron chi connectivity index (χ1n) is 9.63. The highest BCUT2D eigenvalue weighted by atomic mass is 32.1. The van der Waals surface area contributed by atoms with Gasteiger partial charge in [0.2, 0.25) is 5.91 Å². The SMILES string of the molecule is CN(C)C(=O)CN=C(NCc1cccs1)NCC1CCCOC1C(C)(C)C. The molecule has 1 aliphatic rings. The first-order valence-corrected chi connectivity index (χ1v) is 10.5. The Kier molecular flexibility index (Phi) is 8.10. The van der Waals surface area contributed by atoms with Crippen LogP contribution in [0.15, 0.2) is 22.5 Å². The van der Waals surface area contributed by atoms with Gasteiger partial charge < -0.3 is 20.3 Å². The number of nitrogens with one attached hydrogen (secondary N) is 2. The fourth-order valence-electron chi connectivity index (χ4n) is 3.28. The molecule has 0 bridgehead atoms. The van der Waals surface area contributed by atoms with E-state index in [1.54, 1.807) is 30.3 Å². The number of thiophene rings is 1. The zero-order valence-electron chi connectivity index (χ0n) is 17.2. The number of guanidine groups is 1. The standard InChI is InChI=1S/C20H34N4O2S/c1-20(2,3)18-15(8-6-10-26-18)12-21-19(23-14-17(25)24(4)5)22-13-16-9-7-11-27-16/h7,9,11,15,18H,6,8,10,12-14H2,1-5H3,(H2,21,22,23). The van der Waals surface area contributed by atoms with E-state index in [-0.39, 0.29) is 24.0 Å². The van der Waals surface area contributed by atoms with Crippen molar-refractivity contribution in [1.29, 1.82) is 0 Å².